The van der Waals surface area contributed by atoms with Crippen LogP contribution in [0, 0.1) is 7.14 Å². The quantitative estimate of drug-likeness (QED) is 0.403. The summed E-state index contributed by atoms with van der Waals surface area (Å²) < 4.78 is 6.45. The van der Waals surface area contributed by atoms with E-state index < -0.39 is 0 Å². The van der Waals surface area contributed by atoms with Crippen molar-refractivity contribution >= 4 is 58.0 Å². The van der Waals surface area contributed by atoms with Gasteiger partial charge < -0.3 is 9.83 Å². The highest BCUT2D eigenvalue weighted by Gasteiger charge is 2.28. The maximum atomic E-state index is 11.0. The van der Waals surface area contributed by atoms with Crippen molar-refractivity contribution in [1.82, 2.24) is 24.4 Å². The monoisotopic (exact) mass is 637 g/mol. The first-order valence-electron chi connectivity index (χ1n) is 10.6. The summed E-state index contributed by atoms with van der Waals surface area (Å²) in [5.41, 5.74) is 0. The van der Waals surface area contributed by atoms with Crippen molar-refractivity contribution < 1.29 is 9.82 Å². The van der Waals surface area contributed by atoms with Gasteiger partial charge in [-0.1, -0.05) is 0 Å². The predicted molar refractivity (Wildman–Crippen MR) is 135 cm³/mol. The van der Waals surface area contributed by atoms with E-state index >= 15 is 0 Å². The van der Waals surface area contributed by atoms with Crippen LogP contribution in [0.15, 0.2) is 24.8 Å². The lowest BCUT2D eigenvalue weighted by Gasteiger charge is -2.35. The van der Waals surface area contributed by atoms with E-state index in [9.17, 15) is 9.82 Å². The van der Waals surface area contributed by atoms with Gasteiger partial charge in [0.05, 0.1) is 31.6 Å². The number of hydrogen-bond donors (Lipinski definition) is 1. The number of halogens is 2. The molecular formula is C20H30BI2N5O2. The van der Waals surface area contributed by atoms with E-state index in [1.807, 2.05) is 37.1 Å². The summed E-state index contributed by atoms with van der Waals surface area (Å²) in [6.07, 6.45) is 15.9. The lowest BCUT2D eigenvalue weighted by molar-refractivity contribution is -0.120. The molecule has 1 N–H and O–H groups in total. The van der Waals surface area contributed by atoms with E-state index in [1.54, 1.807) is 0 Å². The highest BCUT2D eigenvalue weighted by molar-refractivity contribution is 14.1. The molecule has 0 aromatic carbocycles. The third-order valence-corrected chi connectivity index (χ3v) is 7.35. The molecule has 164 valence electrons. The molecule has 10 heteroatoms. The third-order valence-electron chi connectivity index (χ3n) is 6.23. The molecule has 2 aromatic heterocycles. The second-order valence-electron chi connectivity index (χ2n) is 8.31. The number of aromatic nitrogens is 4. The van der Waals surface area contributed by atoms with Crippen molar-refractivity contribution in [3.05, 3.63) is 31.9 Å². The molecule has 0 atom stereocenters. The van der Waals surface area contributed by atoms with Crippen LogP contribution in [0.4, 0.5) is 0 Å². The minimum Gasteiger partial charge on any atom is -0.437 e. The molecule has 2 heterocycles. The van der Waals surface area contributed by atoms with Crippen LogP contribution in [-0.2, 0) is 4.79 Å². The van der Waals surface area contributed by atoms with E-state index in [4.69, 9.17) is 0 Å². The Balaban J connectivity index is 0.000000177. The van der Waals surface area contributed by atoms with Gasteiger partial charge in [0.15, 0.2) is 0 Å². The number of nitrogens with zero attached hydrogens (tertiary/aromatic N) is 5. The Bertz CT molecular complexity index is 810. The van der Waals surface area contributed by atoms with Crippen LogP contribution in [0.5, 0.6) is 0 Å². The van der Waals surface area contributed by atoms with E-state index in [0.717, 1.165) is 54.9 Å². The Morgan fingerprint density at radius 2 is 1.43 bits per heavy atom. The Morgan fingerprint density at radius 3 is 1.83 bits per heavy atom. The first-order valence-corrected chi connectivity index (χ1v) is 12.8. The zero-order valence-electron chi connectivity index (χ0n) is 17.6. The maximum Gasteiger partial charge on any atom is 0.376 e. The van der Waals surface area contributed by atoms with Crippen LogP contribution in [-0.4, -0.2) is 55.3 Å². The minimum absolute atomic E-state index is 0.345. The number of rotatable bonds is 4. The van der Waals surface area contributed by atoms with Gasteiger partial charge in [-0.2, -0.15) is 10.2 Å². The first kappa shape index (κ1) is 24.2. The zero-order chi connectivity index (χ0) is 21.7. The van der Waals surface area contributed by atoms with Gasteiger partial charge in [0.25, 0.3) is 0 Å². The molecular weight excluding hydrogens is 607 g/mol. The fourth-order valence-electron chi connectivity index (χ4n) is 4.25. The molecule has 0 aliphatic heterocycles. The van der Waals surface area contributed by atoms with E-state index in [0.29, 0.717) is 23.9 Å². The predicted octanol–water partition coefficient (Wildman–Crippen LogP) is 4.19. The average molecular weight is 637 g/mol. The Morgan fingerprint density at radius 1 is 0.967 bits per heavy atom. The highest BCUT2D eigenvalue weighted by Crippen LogP contribution is 2.30. The van der Waals surface area contributed by atoms with Crippen LogP contribution < -0.4 is 0 Å². The summed E-state index contributed by atoms with van der Waals surface area (Å²) in [6.45, 7) is 1.84. The van der Waals surface area contributed by atoms with Crippen LogP contribution in [0.3, 0.4) is 0 Å². The molecule has 2 fully saturated rings. The number of Topliss-reactive ketones (excluding diaryl/α,β-unsaturated/α-hetero) is 1. The molecule has 2 aromatic rings. The Hall–Kier alpha value is -0.465. The van der Waals surface area contributed by atoms with Crippen molar-refractivity contribution in [2.45, 2.75) is 76.3 Å². The second-order valence-corrected chi connectivity index (χ2v) is 10.8. The third kappa shape index (κ3) is 6.76. The lowest BCUT2D eigenvalue weighted by Crippen LogP contribution is -2.43. The van der Waals surface area contributed by atoms with E-state index in [-0.39, 0.29) is 7.05 Å². The topological polar surface area (TPSA) is 76.2 Å². The number of carbonyl (C=O) groups excluding carboxylic acids is 1. The van der Waals surface area contributed by atoms with Gasteiger partial charge in [0, 0.05) is 31.3 Å². The molecule has 2 aliphatic rings. The van der Waals surface area contributed by atoms with Crippen LogP contribution in [0.1, 0.15) is 63.5 Å². The number of carbonyl (C=O) groups is 1. The van der Waals surface area contributed by atoms with Gasteiger partial charge in [0.2, 0.25) is 0 Å². The lowest BCUT2D eigenvalue weighted by atomic mass is 9.79. The Kier molecular flexibility index (Phi) is 9.20. The van der Waals surface area contributed by atoms with Gasteiger partial charge >= 0.3 is 7.05 Å². The van der Waals surface area contributed by atoms with Crippen molar-refractivity contribution in [1.29, 1.82) is 0 Å². The second kappa shape index (κ2) is 11.4. The largest absolute Gasteiger partial charge is 0.437 e. The maximum absolute atomic E-state index is 11.0. The number of hydrogen-bond acceptors (Lipinski definition) is 5. The van der Waals surface area contributed by atoms with Gasteiger partial charge in [-0.05, 0) is 97.6 Å². The summed E-state index contributed by atoms with van der Waals surface area (Å²) in [5.74, 6) is 0.401. The van der Waals surface area contributed by atoms with Gasteiger partial charge in [-0.15, -0.1) is 0 Å². The van der Waals surface area contributed by atoms with Crippen LogP contribution in [0.2, 0.25) is 6.82 Å². The molecule has 7 nitrogen and oxygen atoms in total. The number of ketones is 1. The average Bonchev–Trinajstić information content (AvgIpc) is 3.37. The van der Waals surface area contributed by atoms with Crippen LogP contribution in [0.25, 0.3) is 0 Å². The summed E-state index contributed by atoms with van der Waals surface area (Å²) >= 11 is 4.55. The molecule has 2 aliphatic carbocycles. The minimum atomic E-state index is -0.345. The van der Waals surface area contributed by atoms with Crippen molar-refractivity contribution in [3.63, 3.8) is 0 Å². The summed E-state index contributed by atoms with van der Waals surface area (Å²) in [5, 5.41) is 18.2. The van der Waals surface area contributed by atoms with Gasteiger partial charge in [-0.25, -0.2) is 0 Å². The van der Waals surface area contributed by atoms with Crippen LogP contribution >= 0.6 is 45.2 Å². The fourth-order valence-corrected chi connectivity index (χ4v) is 5.07. The molecule has 0 unspecified atom stereocenters. The van der Waals surface area contributed by atoms with Crippen molar-refractivity contribution in [3.8, 4) is 0 Å². The summed E-state index contributed by atoms with van der Waals surface area (Å²) in [6, 6.07) is 1.50. The molecule has 0 radical (unpaired) electrons. The zero-order valence-corrected chi connectivity index (χ0v) is 21.9. The smallest absolute Gasteiger partial charge is 0.376 e. The molecule has 0 saturated heterocycles. The standard InChI is InChI=1S/C11H19BIN3O.C9H11IN2O/c1-12(17)15(2)10-3-5-11(6-4-10)16-8-9(13)7-14-16;10-7-5-11-12(6-7)8-1-3-9(13)4-2-8/h7-8,10-11,17H,3-6H2,1-2H3;5-6,8H,1-4H2. The normalized spacial score (nSPS) is 22.7. The molecule has 30 heavy (non-hydrogen) atoms. The van der Waals surface area contributed by atoms with E-state index in [2.05, 4.69) is 71.1 Å². The molecule has 2 saturated carbocycles. The van der Waals surface area contributed by atoms with Crippen molar-refractivity contribution in [2.75, 3.05) is 7.05 Å². The SMILES string of the molecule is CB(O)N(C)C1CCC(n2cc(I)cn2)CC1.O=C1CCC(n2cc(I)cn2)CC1. The van der Waals surface area contributed by atoms with E-state index in [1.165, 1.54) is 3.57 Å². The molecule has 4 rings (SSSR count). The Labute approximate surface area is 206 Å². The van der Waals surface area contributed by atoms with Crippen molar-refractivity contribution in [2.24, 2.45) is 0 Å². The highest BCUT2D eigenvalue weighted by atomic mass is 127. The molecule has 0 amide bonds. The first-order chi connectivity index (χ1) is 14.3. The summed E-state index contributed by atoms with van der Waals surface area (Å²) in [7, 11) is 1.66. The molecule has 0 spiro atoms. The molecule has 0 bridgehead atoms. The fraction of sp³-hybridized carbons (Fsp3) is 0.650. The van der Waals surface area contributed by atoms with Gasteiger partial charge in [-0.3, -0.25) is 14.2 Å². The van der Waals surface area contributed by atoms with Gasteiger partial charge in [0.1, 0.15) is 5.78 Å². The summed E-state index contributed by atoms with van der Waals surface area (Å²) in [4.78, 5) is 13.1.